The fourth-order valence-electron chi connectivity index (χ4n) is 2.76. The Morgan fingerprint density at radius 2 is 2.21 bits per heavy atom. The zero-order valence-electron chi connectivity index (χ0n) is 13.5. The van der Waals surface area contributed by atoms with Crippen molar-refractivity contribution in [2.75, 3.05) is 11.9 Å². The minimum absolute atomic E-state index is 0.266. The Hall–Kier alpha value is -2.04. The number of aliphatic hydroxyl groups excluding tert-OH is 1. The van der Waals surface area contributed by atoms with Gasteiger partial charge in [-0.25, -0.2) is 4.39 Å². The summed E-state index contributed by atoms with van der Waals surface area (Å²) in [6, 6.07) is 10.3. The monoisotopic (exact) mass is 347 g/mol. The Kier molecular flexibility index (Phi) is 4.78. The second-order valence-corrected chi connectivity index (χ2v) is 6.36. The number of nitrogens with one attached hydrogen (secondary N) is 1. The number of hydrogen-bond donors (Lipinski definition) is 2. The Bertz CT molecular complexity index is 769. The highest BCUT2D eigenvalue weighted by molar-refractivity contribution is 6.32. The van der Waals surface area contributed by atoms with Gasteiger partial charge in [0.2, 0.25) is 0 Å². The van der Waals surface area contributed by atoms with Crippen molar-refractivity contribution in [1.82, 2.24) is 0 Å². The SMILES string of the molecule is C/C(=C\c1ccc2c(c1)NC[C@H]([C@H](C)O)O2)c1c(F)cccc1Cl. The maximum absolute atomic E-state index is 14.0. The van der Waals surface area contributed by atoms with Gasteiger partial charge in [-0.1, -0.05) is 29.8 Å². The normalized spacial score (nSPS) is 18.4. The topological polar surface area (TPSA) is 41.5 Å². The van der Waals surface area contributed by atoms with Crippen molar-refractivity contribution in [3.63, 3.8) is 0 Å². The molecule has 2 N–H and O–H groups in total. The van der Waals surface area contributed by atoms with Crippen LogP contribution in [-0.2, 0) is 0 Å². The molecule has 0 spiro atoms. The third-order valence-corrected chi connectivity index (χ3v) is 4.37. The standard InChI is InChI=1S/C19H19ClFNO2/c1-11(19-14(20)4-3-5-15(19)21)8-13-6-7-17-16(9-13)22-10-18(24-17)12(2)23/h3-9,12,18,22-23H,10H2,1-2H3/b11-8+/t12-,18+/m0/s1. The second-order valence-electron chi connectivity index (χ2n) is 5.96. The molecule has 0 aromatic heterocycles. The van der Waals surface area contributed by atoms with Gasteiger partial charge in [0, 0.05) is 5.56 Å². The molecule has 0 aliphatic carbocycles. The number of allylic oxidation sites excluding steroid dienone is 1. The largest absolute Gasteiger partial charge is 0.484 e. The van der Waals surface area contributed by atoms with Crippen LogP contribution in [0.4, 0.5) is 10.1 Å². The van der Waals surface area contributed by atoms with E-state index in [4.69, 9.17) is 16.3 Å². The molecule has 126 valence electrons. The summed E-state index contributed by atoms with van der Waals surface area (Å²) in [4.78, 5) is 0. The smallest absolute Gasteiger partial charge is 0.143 e. The van der Waals surface area contributed by atoms with E-state index in [-0.39, 0.29) is 11.9 Å². The molecule has 3 nitrogen and oxygen atoms in total. The van der Waals surface area contributed by atoms with Crippen LogP contribution < -0.4 is 10.1 Å². The Balaban J connectivity index is 1.89. The van der Waals surface area contributed by atoms with Crippen LogP contribution in [0.2, 0.25) is 5.02 Å². The van der Waals surface area contributed by atoms with Gasteiger partial charge in [0.05, 0.1) is 23.4 Å². The van der Waals surface area contributed by atoms with Crippen molar-refractivity contribution in [2.45, 2.75) is 26.1 Å². The molecule has 0 bridgehead atoms. The first-order valence-electron chi connectivity index (χ1n) is 7.81. The van der Waals surface area contributed by atoms with Crippen molar-refractivity contribution < 1.29 is 14.2 Å². The molecule has 2 aromatic carbocycles. The molecule has 0 amide bonds. The number of ether oxygens (including phenoxy) is 1. The Morgan fingerprint density at radius 3 is 2.92 bits per heavy atom. The highest BCUT2D eigenvalue weighted by Crippen LogP contribution is 2.33. The lowest BCUT2D eigenvalue weighted by Gasteiger charge is -2.29. The lowest BCUT2D eigenvalue weighted by molar-refractivity contribution is 0.0530. The summed E-state index contributed by atoms with van der Waals surface area (Å²) >= 11 is 6.11. The van der Waals surface area contributed by atoms with E-state index in [9.17, 15) is 9.50 Å². The van der Waals surface area contributed by atoms with E-state index >= 15 is 0 Å². The Morgan fingerprint density at radius 1 is 1.42 bits per heavy atom. The van der Waals surface area contributed by atoms with E-state index < -0.39 is 6.10 Å². The van der Waals surface area contributed by atoms with Crippen LogP contribution in [0.15, 0.2) is 36.4 Å². The lowest BCUT2D eigenvalue weighted by atomic mass is 10.0. The van der Waals surface area contributed by atoms with Gasteiger partial charge in [-0.15, -0.1) is 0 Å². The first kappa shape index (κ1) is 16.8. The van der Waals surface area contributed by atoms with E-state index in [1.165, 1.54) is 6.07 Å². The molecule has 2 atom stereocenters. The fourth-order valence-corrected chi connectivity index (χ4v) is 3.07. The van der Waals surface area contributed by atoms with Crippen molar-refractivity contribution in [3.8, 4) is 5.75 Å². The van der Waals surface area contributed by atoms with Crippen molar-refractivity contribution >= 4 is 28.9 Å². The van der Waals surface area contributed by atoms with Crippen molar-refractivity contribution in [3.05, 3.63) is 58.4 Å². The summed E-state index contributed by atoms with van der Waals surface area (Å²) in [7, 11) is 0. The third kappa shape index (κ3) is 3.40. The van der Waals surface area contributed by atoms with Crippen LogP contribution in [0.1, 0.15) is 25.0 Å². The minimum Gasteiger partial charge on any atom is -0.484 e. The molecule has 0 saturated carbocycles. The predicted octanol–water partition coefficient (Wildman–Crippen LogP) is 4.59. The molecule has 2 aromatic rings. The molecule has 0 saturated heterocycles. The van der Waals surface area contributed by atoms with Gasteiger partial charge in [-0.2, -0.15) is 0 Å². The van der Waals surface area contributed by atoms with E-state index in [0.717, 1.165) is 16.8 Å². The van der Waals surface area contributed by atoms with Crippen LogP contribution in [0.25, 0.3) is 11.6 Å². The van der Waals surface area contributed by atoms with Crippen molar-refractivity contribution in [2.24, 2.45) is 0 Å². The molecule has 5 heteroatoms. The van der Waals surface area contributed by atoms with Crippen LogP contribution in [0.3, 0.4) is 0 Å². The maximum Gasteiger partial charge on any atom is 0.143 e. The van der Waals surface area contributed by atoms with Gasteiger partial charge < -0.3 is 15.2 Å². The number of hydrogen-bond acceptors (Lipinski definition) is 3. The molecule has 3 rings (SSSR count). The molecule has 0 fully saturated rings. The number of fused-ring (bicyclic) bond motifs is 1. The zero-order valence-corrected chi connectivity index (χ0v) is 14.3. The molecule has 24 heavy (non-hydrogen) atoms. The molecule has 0 unspecified atom stereocenters. The van der Waals surface area contributed by atoms with Gasteiger partial charge in [0.1, 0.15) is 17.7 Å². The van der Waals surface area contributed by atoms with Gasteiger partial charge in [0.25, 0.3) is 0 Å². The van der Waals surface area contributed by atoms with Crippen LogP contribution in [0, 0.1) is 5.82 Å². The van der Waals surface area contributed by atoms with Crippen molar-refractivity contribution in [1.29, 1.82) is 0 Å². The maximum atomic E-state index is 14.0. The summed E-state index contributed by atoms with van der Waals surface area (Å²) in [5.74, 6) is 0.362. The third-order valence-electron chi connectivity index (χ3n) is 4.05. The first-order chi connectivity index (χ1) is 11.5. The minimum atomic E-state index is -0.546. The summed E-state index contributed by atoms with van der Waals surface area (Å²) < 4.78 is 19.8. The number of benzene rings is 2. The Labute approximate surface area is 145 Å². The highest BCUT2D eigenvalue weighted by Gasteiger charge is 2.23. The van der Waals surface area contributed by atoms with Gasteiger partial charge in [-0.3, -0.25) is 0 Å². The molecule has 1 aliphatic rings. The number of anilines is 1. The van der Waals surface area contributed by atoms with Gasteiger partial charge >= 0.3 is 0 Å². The molecule has 0 radical (unpaired) electrons. The summed E-state index contributed by atoms with van der Waals surface area (Å²) in [5.41, 5.74) is 2.93. The summed E-state index contributed by atoms with van der Waals surface area (Å²) in [6.07, 6.45) is 1.07. The van der Waals surface area contributed by atoms with E-state index in [0.29, 0.717) is 22.9 Å². The second kappa shape index (κ2) is 6.83. The zero-order chi connectivity index (χ0) is 17.3. The van der Waals surface area contributed by atoms with Gasteiger partial charge in [-0.05, 0) is 49.2 Å². The van der Waals surface area contributed by atoms with E-state index in [1.807, 2.05) is 31.2 Å². The number of rotatable bonds is 3. The van der Waals surface area contributed by atoms with E-state index in [2.05, 4.69) is 5.32 Å². The average molecular weight is 348 g/mol. The number of aliphatic hydroxyl groups is 1. The highest BCUT2D eigenvalue weighted by atomic mass is 35.5. The van der Waals surface area contributed by atoms with E-state index in [1.54, 1.807) is 19.1 Å². The summed E-state index contributed by atoms with van der Waals surface area (Å²) in [5, 5.41) is 13.3. The quantitative estimate of drug-likeness (QED) is 0.798. The molecular formula is C19H19ClFNO2. The van der Waals surface area contributed by atoms with Crippen LogP contribution >= 0.6 is 11.6 Å². The fraction of sp³-hybridized carbons (Fsp3) is 0.263. The molecule has 1 aliphatic heterocycles. The predicted molar refractivity (Wildman–Crippen MR) is 96.0 cm³/mol. The van der Waals surface area contributed by atoms with Crippen LogP contribution in [0.5, 0.6) is 5.75 Å². The average Bonchev–Trinajstić information content (AvgIpc) is 2.54. The van der Waals surface area contributed by atoms with Crippen LogP contribution in [-0.4, -0.2) is 23.9 Å². The molecule has 1 heterocycles. The first-order valence-corrected chi connectivity index (χ1v) is 8.19. The summed E-state index contributed by atoms with van der Waals surface area (Å²) in [6.45, 7) is 4.07. The van der Waals surface area contributed by atoms with Gasteiger partial charge in [0.15, 0.2) is 0 Å². The lowest BCUT2D eigenvalue weighted by Crippen LogP contribution is -2.39. The molecular weight excluding hydrogens is 329 g/mol. The number of halogens is 2.